The van der Waals surface area contributed by atoms with Gasteiger partial charge in [-0.15, -0.1) is 0 Å². The van der Waals surface area contributed by atoms with Crippen LogP contribution in [-0.2, 0) is 0 Å². The summed E-state index contributed by atoms with van der Waals surface area (Å²) in [4.78, 5) is 0. The molecular weight excluding hydrogens is 264 g/mol. The minimum atomic E-state index is 1.01. The number of hydrogen-bond donors (Lipinski definition) is 0. The first-order valence-electron chi connectivity index (χ1n) is 10.7. The van der Waals surface area contributed by atoms with E-state index in [1.165, 1.54) is 44.9 Å². The van der Waals surface area contributed by atoms with Crippen molar-refractivity contribution in [2.45, 2.75) is 97.8 Å². The molecule has 3 aliphatic carbocycles. The molecule has 0 heterocycles. The van der Waals surface area contributed by atoms with E-state index < -0.39 is 0 Å². The monoisotopic (exact) mass is 304 g/mol. The average Bonchev–Trinajstić information content (AvgIpc) is 2.55. The summed E-state index contributed by atoms with van der Waals surface area (Å²) < 4.78 is 0. The summed E-state index contributed by atoms with van der Waals surface area (Å²) in [6.45, 7) is 7.59. The summed E-state index contributed by atoms with van der Waals surface area (Å²) in [5.74, 6) is 7.37. The Bertz CT molecular complexity index is 303. The van der Waals surface area contributed by atoms with E-state index in [2.05, 4.69) is 20.8 Å². The Morgan fingerprint density at radius 1 is 0.636 bits per heavy atom. The number of hydrogen-bond acceptors (Lipinski definition) is 0. The molecule has 0 amide bonds. The lowest BCUT2D eigenvalue weighted by Gasteiger charge is -2.46. The molecule has 0 bridgehead atoms. The molecule has 0 aromatic heterocycles. The van der Waals surface area contributed by atoms with Crippen molar-refractivity contribution in [3.63, 3.8) is 0 Å². The summed E-state index contributed by atoms with van der Waals surface area (Å²) in [6, 6.07) is 0. The van der Waals surface area contributed by atoms with E-state index in [4.69, 9.17) is 0 Å². The highest BCUT2D eigenvalue weighted by Crippen LogP contribution is 2.50. The minimum absolute atomic E-state index is 1.01. The fourth-order valence-electron chi connectivity index (χ4n) is 6.66. The van der Waals surface area contributed by atoms with Gasteiger partial charge in [0.15, 0.2) is 0 Å². The van der Waals surface area contributed by atoms with E-state index >= 15 is 0 Å². The maximum atomic E-state index is 2.57. The van der Waals surface area contributed by atoms with Gasteiger partial charge in [0.05, 0.1) is 0 Å². The van der Waals surface area contributed by atoms with Crippen LogP contribution in [0.1, 0.15) is 97.8 Å². The van der Waals surface area contributed by atoms with E-state index in [0.717, 1.165) is 41.4 Å². The first-order chi connectivity index (χ1) is 10.7. The molecule has 3 rings (SSSR count). The molecule has 22 heavy (non-hydrogen) atoms. The van der Waals surface area contributed by atoms with Crippen molar-refractivity contribution in [3.8, 4) is 0 Å². The molecule has 0 N–H and O–H groups in total. The zero-order chi connectivity index (χ0) is 15.5. The van der Waals surface area contributed by atoms with E-state index in [1.807, 2.05) is 0 Å². The van der Waals surface area contributed by atoms with Gasteiger partial charge in [-0.2, -0.15) is 0 Å². The highest BCUT2D eigenvalue weighted by Gasteiger charge is 2.39. The first-order valence-corrected chi connectivity index (χ1v) is 10.7. The molecular formula is C22H40. The predicted molar refractivity (Wildman–Crippen MR) is 96.9 cm³/mol. The third-order valence-electron chi connectivity index (χ3n) is 8.02. The fraction of sp³-hybridized carbons (Fsp3) is 1.00. The van der Waals surface area contributed by atoms with Crippen LogP contribution in [0.25, 0.3) is 0 Å². The normalized spacial score (nSPS) is 47.3. The Kier molecular flexibility index (Phi) is 5.91. The molecule has 0 spiro atoms. The van der Waals surface area contributed by atoms with Crippen LogP contribution in [0.3, 0.4) is 0 Å². The standard InChI is InChI=1S/C22H40/c1-4-18-13-19(21-11-7-5-9-16(21)2)15-20(14-18)22-12-8-6-10-17(22)3/h16-22H,4-15H2,1-3H3. The summed E-state index contributed by atoms with van der Waals surface area (Å²) >= 11 is 0. The van der Waals surface area contributed by atoms with Crippen LogP contribution < -0.4 is 0 Å². The predicted octanol–water partition coefficient (Wildman–Crippen LogP) is 7.08. The largest absolute Gasteiger partial charge is 0.0651 e. The van der Waals surface area contributed by atoms with E-state index in [-0.39, 0.29) is 0 Å². The zero-order valence-corrected chi connectivity index (χ0v) is 15.5. The van der Waals surface area contributed by atoms with Gasteiger partial charge in [0.1, 0.15) is 0 Å². The van der Waals surface area contributed by atoms with E-state index in [0.29, 0.717) is 0 Å². The van der Waals surface area contributed by atoms with Crippen LogP contribution in [0.4, 0.5) is 0 Å². The van der Waals surface area contributed by atoms with Crippen LogP contribution in [-0.4, -0.2) is 0 Å². The van der Waals surface area contributed by atoms with Gasteiger partial charge in [-0.05, 0) is 73.5 Å². The minimum Gasteiger partial charge on any atom is -0.0651 e. The average molecular weight is 305 g/mol. The molecule has 6 atom stereocenters. The molecule has 0 saturated heterocycles. The van der Waals surface area contributed by atoms with Gasteiger partial charge < -0.3 is 0 Å². The molecule has 6 unspecified atom stereocenters. The maximum Gasteiger partial charge on any atom is -0.0360 e. The highest BCUT2D eigenvalue weighted by molar-refractivity contribution is 4.90. The maximum absolute atomic E-state index is 2.57. The molecule has 0 aliphatic heterocycles. The molecule has 3 saturated carbocycles. The van der Waals surface area contributed by atoms with E-state index in [1.54, 1.807) is 32.1 Å². The molecule has 0 heteroatoms. The Labute approximate surface area is 139 Å². The quantitative estimate of drug-likeness (QED) is 0.522. The van der Waals surface area contributed by atoms with Crippen molar-refractivity contribution in [3.05, 3.63) is 0 Å². The molecule has 0 aromatic carbocycles. The van der Waals surface area contributed by atoms with Crippen LogP contribution >= 0.6 is 0 Å². The van der Waals surface area contributed by atoms with Crippen molar-refractivity contribution in [1.82, 2.24) is 0 Å². The second kappa shape index (κ2) is 7.71. The van der Waals surface area contributed by atoms with Crippen LogP contribution in [0.5, 0.6) is 0 Å². The van der Waals surface area contributed by atoms with Gasteiger partial charge in [0.2, 0.25) is 0 Å². The lowest BCUT2D eigenvalue weighted by molar-refractivity contribution is 0.0394. The molecule has 128 valence electrons. The van der Waals surface area contributed by atoms with Gasteiger partial charge in [-0.3, -0.25) is 0 Å². The Morgan fingerprint density at radius 3 is 1.50 bits per heavy atom. The molecule has 0 nitrogen and oxygen atoms in total. The molecule has 3 fully saturated rings. The van der Waals surface area contributed by atoms with Crippen molar-refractivity contribution < 1.29 is 0 Å². The second-order valence-corrected chi connectivity index (χ2v) is 9.35. The second-order valence-electron chi connectivity index (χ2n) is 9.35. The number of rotatable bonds is 3. The van der Waals surface area contributed by atoms with Gasteiger partial charge in [0.25, 0.3) is 0 Å². The fourth-order valence-corrected chi connectivity index (χ4v) is 6.66. The SMILES string of the molecule is CCC1CC(C2CCCCC2C)CC(C2CCCCC2C)C1. The Morgan fingerprint density at radius 2 is 1.09 bits per heavy atom. The first kappa shape index (κ1) is 16.8. The Balaban J connectivity index is 1.68. The third-order valence-corrected chi connectivity index (χ3v) is 8.02. The van der Waals surface area contributed by atoms with Crippen LogP contribution in [0.2, 0.25) is 0 Å². The van der Waals surface area contributed by atoms with Crippen molar-refractivity contribution in [2.75, 3.05) is 0 Å². The molecule has 0 aromatic rings. The lowest BCUT2D eigenvalue weighted by atomic mass is 9.59. The van der Waals surface area contributed by atoms with Gasteiger partial charge >= 0.3 is 0 Å². The highest BCUT2D eigenvalue weighted by atomic mass is 14.4. The van der Waals surface area contributed by atoms with Crippen LogP contribution in [0, 0.1) is 41.4 Å². The summed E-state index contributed by atoms with van der Waals surface area (Å²) in [5, 5.41) is 0. The van der Waals surface area contributed by atoms with Crippen molar-refractivity contribution in [1.29, 1.82) is 0 Å². The summed E-state index contributed by atoms with van der Waals surface area (Å²) in [7, 11) is 0. The van der Waals surface area contributed by atoms with Crippen LogP contribution in [0.15, 0.2) is 0 Å². The Hall–Kier alpha value is 0. The topological polar surface area (TPSA) is 0 Å². The van der Waals surface area contributed by atoms with Gasteiger partial charge in [0, 0.05) is 0 Å². The van der Waals surface area contributed by atoms with Gasteiger partial charge in [-0.25, -0.2) is 0 Å². The van der Waals surface area contributed by atoms with Crippen molar-refractivity contribution in [2.24, 2.45) is 41.4 Å². The third kappa shape index (κ3) is 3.73. The summed E-state index contributed by atoms with van der Waals surface area (Å²) in [5.41, 5.74) is 0. The van der Waals surface area contributed by atoms with Crippen molar-refractivity contribution >= 4 is 0 Å². The van der Waals surface area contributed by atoms with E-state index in [9.17, 15) is 0 Å². The lowest BCUT2D eigenvalue weighted by Crippen LogP contribution is -2.37. The zero-order valence-electron chi connectivity index (χ0n) is 15.5. The molecule has 0 radical (unpaired) electrons. The smallest absolute Gasteiger partial charge is 0.0360 e. The van der Waals surface area contributed by atoms with Gasteiger partial charge in [-0.1, -0.05) is 65.7 Å². The summed E-state index contributed by atoms with van der Waals surface area (Å²) in [6.07, 6.45) is 18.4. The molecule has 3 aliphatic rings.